The van der Waals surface area contributed by atoms with Crippen molar-refractivity contribution in [2.45, 2.75) is 32.4 Å². The van der Waals surface area contributed by atoms with Gasteiger partial charge >= 0.3 is 0 Å². The third kappa shape index (κ3) is 2.42. The van der Waals surface area contributed by atoms with Gasteiger partial charge in [0, 0.05) is 18.0 Å². The number of rotatable bonds is 0. The lowest BCUT2D eigenvalue weighted by Gasteiger charge is -2.10. The topological polar surface area (TPSA) is 50.7 Å². The largest absolute Gasteiger partial charge is 0.303 e. The molecule has 0 saturated heterocycles. The molecule has 3 nitrogen and oxygen atoms in total. The van der Waals surface area contributed by atoms with Crippen molar-refractivity contribution in [3.63, 3.8) is 0 Å². The van der Waals surface area contributed by atoms with E-state index in [-0.39, 0.29) is 0 Å². The molecule has 3 heteroatoms. The molecule has 1 heterocycles. The van der Waals surface area contributed by atoms with Crippen LogP contribution in [0.2, 0.25) is 0 Å². The van der Waals surface area contributed by atoms with E-state index in [2.05, 4.69) is 29.1 Å². The van der Waals surface area contributed by atoms with Crippen LogP contribution in [0.3, 0.4) is 0 Å². The minimum atomic E-state index is -0.667. The molecule has 0 saturated carbocycles. The Labute approximate surface area is 90.5 Å². The summed E-state index contributed by atoms with van der Waals surface area (Å²) in [7, 11) is 0. The molecule has 0 fully saturated rings. The molecule has 15 heavy (non-hydrogen) atoms. The quantitative estimate of drug-likeness (QED) is 0.643. The number of fused-ring (bicyclic) bond motifs is 1. The first-order valence-electron chi connectivity index (χ1n) is 5.37. The third-order valence-corrected chi connectivity index (χ3v) is 2.70. The van der Waals surface area contributed by atoms with E-state index in [9.17, 15) is 0 Å². The van der Waals surface area contributed by atoms with Gasteiger partial charge in [0.1, 0.15) is 5.66 Å². The molecule has 0 radical (unpaired) electrons. The highest BCUT2D eigenvalue weighted by molar-refractivity contribution is 5.90. The number of aliphatic imine (C=N–C) groups is 2. The van der Waals surface area contributed by atoms with Crippen LogP contribution in [0.15, 0.2) is 33.4 Å². The molecule has 0 spiro atoms. The second-order valence-electron chi connectivity index (χ2n) is 4.57. The number of nitrogens with zero attached hydrogens (tertiary/aromatic N) is 2. The highest BCUT2D eigenvalue weighted by atomic mass is 15.0. The van der Waals surface area contributed by atoms with E-state index in [1.807, 2.05) is 13.1 Å². The zero-order valence-corrected chi connectivity index (χ0v) is 9.27. The number of hydrogen-bond donors (Lipinski definition) is 1. The van der Waals surface area contributed by atoms with Crippen molar-refractivity contribution in [1.82, 2.24) is 0 Å². The fourth-order valence-corrected chi connectivity index (χ4v) is 1.65. The summed E-state index contributed by atoms with van der Waals surface area (Å²) in [5, 5.41) is 0. The Balaban J connectivity index is 2.37. The maximum Gasteiger partial charge on any atom is 0.141 e. The predicted octanol–water partition coefficient (Wildman–Crippen LogP) is 2.06. The summed E-state index contributed by atoms with van der Waals surface area (Å²) < 4.78 is 0. The Morgan fingerprint density at radius 1 is 1.40 bits per heavy atom. The van der Waals surface area contributed by atoms with Crippen LogP contribution in [0.1, 0.15) is 26.7 Å². The predicted molar refractivity (Wildman–Crippen MR) is 64.1 cm³/mol. The van der Waals surface area contributed by atoms with Gasteiger partial charge in [0.2, 0.25) is 0 Å². The van der Waals surface area contributed by atoms with E-state index in [0.29, 0.717) is 5.92 Å². The standard InChI is InChI=1S/C12H17N3/c1-9-3-5-10-7-15-12(2,13)8-14-11(10)6-4-9/h5-9H,3-4,13H2,1-2H3. The van der Waals surface area contributed by atoms with Crippen LogP contribution in [0, 0.1) is 5.92 Å². The van der Waals surface area contributed by atoms with Crippen molar-refractivity contribution < 1.29 is 0 Å². The van der Waals surface area contributed by atoms with Gasteiger partial charge < -0.3 is 5.73 Å². The van der Waals surface area contributed by atoms with E-state index >= 15 is 0 Å². The Bertz CT molecular complexity index is 338. The van der Waals surface area contributed by atoms with Gasteiger partial charge in [-0.25, -0.2) is 0 Å². The van der Waals surface area contributed by atoms with Crippen LogP contribution in [0.4, 0.5) is 0 Å². The Kier molecular flexibility index (Phi) is 2.57. The minimum Gasteiger partial charge on any atom is -0.303 e. The molecular weight excluding hydrogens is 186 g/mol. The smallest absolute Gasteiger partial charge is 0.141 e. The lowest BCUT2D eigenvalue weighted by Crippen LogP contribution is -2.35. The third-order valence-electron chi connectivity index (χ3n) is 2.70. The SMILES string of the molecule is CC1CC=C2C=NC(C)(N)C=NC2=CC1. The molecule has 0 aromatic carbocycles. The number of hydrogen-bond acceptors (Lipinski definition) is 3. The summed E-state index contributed by atoms with van der Waals surface area (Å²) in [6.07, 6.45) is 10.1. The highest BCUT2D eigenvalue weighted by Gasteiger charge is 2.18. The van der Waals surface area contributed by atoms with Gasteiger partial charge in [-0.2, -0.15) is 0 Å². The van der Waals surface area contributed by atoms with Gasteiger partial charge in [0.15, 0.2) is 0 Å². The van der Waals surface area contributed by atoms with Crippen LogP contribution in [-0.4, -0.2) is 18.1 Å². The molecule has 1 aliphatic carbocycles. The lowest BCUT2D eigenvalue weighted by molar-refractivity contribution is 0.605. The van der Waals surface area contributed by atoms with Crippen LogP contribution < -0.4 is 5.73 Å². The number of nitrogens with two attached hydrogens (primary N) is 1. The van der Waals surface area contributed by atoms with Crippen molar-refractivity contribution in [1.29, 1.82) is 0 Å². The molecule has 2 rings (SSSR count). The minimum absolute atomic E-state index is 0.667. The van der Waals surface area contributed by atoms with Gasteiger partial charge in [-0.3, -0.25) is 9.98 Å². The molecule has 1 aliphatic heterocycles. The van der Waals surface area contributed by atoms with Crippen LogP contribution in [0.5, 0.6) is 0 Å². The molecule has 0 amide bonds. The number of allylic oxidation sites excluding steroid dienone is 3. The maximum atomic E-state index is 5.90. The normalized spacial score (nSPS) is 35.0. The molecule has 80 valence electrons. The van der Waals surface area contributed by atoms with Gasteiger partial charge in [0.25, 0.3) is 0 Å². The van der Waals surface area contributed by atoms with Gasteiger partial charge in [-0.1, -0.05) is 19.1 Å². The molecule has 2 atom stereocenters. The fourth-order valence-electron chi connectivity index (χ4n) is 1.65. The van der Waals surface area contributed by atoms with Crippen LogP contribution in [-0.2, 0) is 0 Å². The first kappa shape index (κ1) is 10.3. The Morgan fingerprint density at radius 3 is 2.93 bits per heavy atom. The Hall–Kier alpha value is -1.22. The molecule has 0 aromatic rings. The fraction of sp³-hybridized carbons (Fsp3) is 0.500. The molecule has 2 aliphatic rings. The van der Waals surface area contributed by atoms with E-state index in [1.54, 1.807) is 6.21 Å². The lowest BCUT2D eigenvalue weighted by atomic mass is 10.1. The summed E-state index contributed by atoms with van der Waals surface area (Å²) in [5.74, 6) is 0.685. The van der Waals surface area contributed by atoms with E-state index in [4.69, 9.17) is 5.73 Å². The van der Waals surface area contributed by atoms with Gasteiger partial charge in [-0.15, -0.1) is 0 Å². The second kappa shape index (κ2) is 3.74. The maximum absolute atomic E-state index is 5.90. The van der Waals surface area contributed by atoms with Crippen molar-refractivity contribution in [3.05, 3.63) is 23.4 Å². The van der Waals surface area contributed by atoms with Crippen LogP contribution in [0.25, 0.3) is 0 Å². The molecule has 2 unspecified atom stereocenters. The average molecular weight is 203 g/mol. The molecule has 0 bridgehead atoms. The van der Waals surface area contributed by atoms with Crippen molar-refractivity contribution >= 4 is 12.4 Å². The zero-order chi connectivity index (χ0) is 10.9. The summed E-state index contributed by atoms with van der Waals surface area (Å²) in [6, 6.07) is 0. The highest BCUT2D eigenvalue weighted by Crippen LogP contribution is 2.23. The summed E-state index contributed by atoms with van der Waals surface area (Å²) in [4.78, 5) is 8.71. The summed E-state index contributed by atoms with van der Waals surface area (Å²) in [5.41, 5.74) is 7.34. The van der Waals surface area contributed by atoms with Crippen molar-refractivity contribution in [3.8, 4) is 0 Å². The van der Waals surface area contributed by atoms with Crippen LogP contribution >= 0.6 is 0 Å². The summed E-state index contributed by atoms with van der Waals surface area (Å²) >= 11 is 0. The molecule has 0 aromatic heterocycles. The van der Waals surface area contributed by atoms with E-state index < -0.39 is 5.66 Å². The van der Waals surface area contributed by atoms with Gasteiger partial charge in [0.05, 0.1) is 5.70 Å². The summed E-state index contributed by atoms with van der Waals surface area (Å²) in [6.45, 7) is 4.09. The average Bonchev–Trinajstić information content (AvgIpc) is 2.42. The monoisotopic (exact) mass is 203 g/mol. The second-order valence-corrected chi connectivity index (χ2v) is 4.57. The Morgan fingerprint density at radius 2 is 2.13 bits per heavy atom. The van der Waals surface area contributed by atoms with Gasteiger partial charge in [-0.05, 0) is 25.7 Å². The van der Waals surface area contributed by atoms with Crippen molar-refractivity contribution in [2.24, 2.45) is 21.6 Å². The zero-order valence-electron chi connectivity index (χ0n) is 9.27. The molecule has 2 N–H and O–H groups in total. The first-order chi connectivity index (χ1) is 7.07. The van der Waals surface area contributed by atoms with E-state index in [1.165, 1.54) is 0 Å². The first-order valence-corrected chi connectivity index (χ1v) is 5.37. The van der Waals surface area contributed by atoms with Crippen molar-refractivity contribution in [2.75, 3.05) is 0 Å². The molecular formula is C12H17N3. The van der Waals surface area contributed by atoms with E-state index in [0.717, 1.165) is 24.1 Å².